The summed E-state index contributed by atoms with van der Waals surface area (Å²) in [6.45, 7) is 6.73. The molecule has 1 atom stereocenters. The lowest BCUT2D eigenvalue weighted by atomic mass is 10.1. The molecule has 5 heterocycles. The third kappa shape index (κ3) is 4.47. The van der Waals surface area contributed by atoms with Crippen molar-refractivity contribution >= 4 is 23.2 Å². The van der Waals surface area contributed by atoms with Gasteiger partial charge in [0.25, 0.3) is 0 Å². The number of carbonyl (C=O) groups excluding carboxylic acids is 1. The topological polar surface area (TPSA) is 110 Å². The standard InChI is InChI=1S/C24H26N8O2/c1-14-7-20(21(11-25-14)34-13-18-12-31(4)24(33)28-18)17-5-6-32-19(9-17)10-23(30-32)29-22-8-15(2)26-16(3)27-22/h5-11,18H,12-13H2,1-4H3,(H,28,33)(H,26,27,29,30). The summed E-state index contributed by atoms with van der Waals surface area (Å²) in [5.41, 5.74) is 4.63. The number of carbonyl (C=O) groups is 1. The van der Waals surface area contributed by atoms with Crippen molar-refractivity contribution in [2.45, 2.75) is 26.8 Å². The van der Waals surface area contributed by atoms with E-state index in [-0.39, 0.29) is 12.1 Å². The number of rotatable bonds is 6. The van der Waals surface area contributed by atoms with Gasteiger partial charge in [0.2, 0.25) is 0 Å². The van der Waals surface area contributed by atoms with Crippen molar-refractivity contribution in [2.24, 2.45) is 0 Å². The van der Waals surface area contributed by atoms with Crippen LogP contribution in [0.5, 0.6) is 5.75 Å². The minimum Gasteiger partial charge on any atom is -0.489 e. The van der Waals surface area contributed by atoms with Gasteiger partial charge in [-0.05, 0) is 44.5 Å². The number of pyridine rings is 2. The first-order valence-electron chi connectivity index (χ1n) is 11.0. The van der Waals surface area contributed by atoms with Crippen LogP contribution in [-0.2, 0) is 0 Å². The molecule has 1 aliphatic heterocycles. The number of urea groups is 1. The second kappa shape index (κ2) is 8.62. The fourth-order valence-corrected chi connectivity index (χ4v) is 4.05. The minimum atomic E-state index is -0.0845. The molecule has 10 heteroatoms. The first kappa shape index (κ1) is 21.6. The molecule has 0 aliphatic carbocycles. The third-order valence-corrected chi connectivity index (χ3v) is 5.61. The second-order valence-corrected chi connectivity index (χ2v) is 8.54. The van der Waals surface area contributed by atoms with E-state index in [0.29, 0.717) is 36.4 Å². The number of fused-ring (bicyclic) bond motifs is 1. The molecule has 0 saturated carbocycles. The molecule has 174 valence electrons. The van der Waals surface area contributed by atoms with Crippen molar-refractivity contribution in [3.05, 3.63) is 59.9 Å². The van der Waals surface area contributed by atoms with Crippen LogP contribution in [0.15, 0.2) is 42.7 Å². The quantitative estimate of drug-likeness (QED) is 0.456. The average molecular weight is 459 g/mol. The van der Waals surface area contributed by atoms with E-state index in [9.17, 15) is 4.79 Å². The summed E-state index contributed by atoms with van der Waals surface area (Å²) in [5.74, 6) is 2.78. The lowest BCUT2D eigenvalue weighted by Gasteiger charge is -2.15. The Morgan fingerprint density at radius 1 is 1.12 bits per heavy atom. The van der Waals surface area contributed by atoms with Crippen molar-refractivity contribution in [1.29, 1.82) is 0 Å². The van der Waals surface area contributed by atoms with Crippen molar-refractivity contribution in [3.8, 4) is 16.9 Å². The summed E-state index contributed by atoms with van der Waals surface area (Å²) < 4.78 is 7.90. The molecule has 0 bridgehead atoms. The smallest absolute Gasteiger partial charge is 0.317 e. The maximum absolute atomic E-state index is 11.7. The maximum atomic E-state index is 11.7. The highest BCUT2D eigenvalue weighted by Gasteiger charge is 2.26. The molecule has 1 fully saturated rings. The molecule has 2 amide bonds. The van der Waals surface area contributed by atoms with Crippen molar-refractivity contribution in [2.75, 3.05) is 25.5 Å². The Kier molecular flexibility index (Phi) is 5.48. The number of hydrogen-bond acceptors (Lipinski definition) is 7. The second-order valence-electron chi connectivity index (χ2n) is 8.54. The number of aromatic nitrogens is 5. The van der Waals surface area contributed by atoms with Crippen LogP contribution in [0.2, 0.25) is 0 Å². The zero-order chi connectivity index (χ0) is 23.8. The molecule has 5 rings (SSSR count). The Bertz CT molecular complexity index is 1360. The van der Waals surface area contributed by atoms with Crippen molar-refractivity contribution < 1.29 is 9.53 Å². The Morgan fingerprint density at radius 3 is 2.74 bits per heavy atom. The summed E-state index contributed by atoms with van der Waals surface area (Å²) in [6.07, 6.45) is 3.65. The molecule has 1 aliphatic rings. The van der Waals surface area contributed by atoms with Gasteiger partial charge in [-0.1, -0.05) is 0 Å². The number of nitrogens with zero attached hydrogens (tertiary/aromatic N) is 6. The summed E-state index contributed by atoms with van der Waals surface area (Å²) in [4.78, 5) is 26.5. The van der Waals surface area contributed by atoms with E-state index < -0.39 is 0 Å². The first-order chi connectivity index (χ1) is 16.3. The summed E-state index contributed by atoms with van der Waals surface area (Å²) in [7, 11) is 1.77. The first-order valence-corrected chi connectivity index (χ1v) is 11.0. The fraction of sp³-hybridized carbons (Fsp3) is 0.292. The van der Waals surface area contributed by atoms with Gasteiger partial charge in [-0.2, -0.15) is 5.10 Å². The van der Waals surface area contributed by atoms with E-state index in [4.69, 9.17) is 4.74 Å². The summed E-state index contributed by atoms with van der Waals surface area (Å²) in [5, 5.41) is 10.8. The lowest BCUT2D eigenvalue weighted by molar-refractivity contribution is 0.225. The highest BCUT2D eigenvalue weighted by molar-refractivity contribution is 5.77. The van der Waals surface area contributed by atoms with Gasteiger partial charge in [-0.25, -0.2) is 19.3 Å². The van der Waals surface area contributed by atoms with Crippen LogP contribution >= 0.6 is 0 Å². The number of likely N-dealkylation sites (N-methyl/N-ethyl adjacent to an activating group) is 1. The Balaban J connectivity index is 1.40. The van der Waals surface area contributed by atoms with E-state index in [2.05, 4.69) is 36.8 Å². The van der Waals surface area contributed by atoms with Gasteiger partial charge >= 0.3 is 6.03 Å². The van der Waals surface area contributed by atoms with Crippen LogP contribution in [0.4, 0.5) is 16.4 Å². The predicted octanol–water partition coefficient (Wildman–Crippen LogP) is 3.26. The highest BCUT2D eigenvalue weighted by atomic mass is 16.5. The molecule has 10 nitrogen and oxygen atoms in total. The van der Waals surface area contributed by atoms with Gasteiger partial charge in [-0.3, -0.25) is 4.98 Å². The SMILES string of the molecule is Cc1cc(-c2ccn3nc(Nc4cc(C)nc(C)n4)cc3c2)c(OCC2CN(C)C(=O)N2)cn1. The van der Waals surface area contributed by atoms with Crippen molar-refractivity contribution in [1.82, 2.24) is 34.8 Å². The van der Waals surface area contributed by atoms with Gasteiger partial charge in [-0.15, -0.1) is 0 Å². The Labute approximate surface area is 197 Å². The normalized spacial score (nSPS) is 15.6. The average Bonchev–Trinajstić information content (AvgIpc) is 3.33. The van der Waals surface area contributed by atoms with Crippen LogP contribution in [-0.4, -0.2) is 61.7 Å². The Hall–Kier alpha value is -4.21. The molecule has 34 heavy (non-hydrogen) atoms. The molecule has 1 unspecified atom stereocenters. The van der Waals surface area contributed by atoms with Gasteiger partial charge in [0.05, 0.1) is 17.8 Å². The van der Waals surface area contributed by atoms with Gasteiger partial charge < -0.3 is 20.3 Å². The van der Waals surface area contributed by atoms with Crippen LogP contribution in [0, 0.1) is 20.8 Å². The number of amides is 2. The van der Waals surface area contributed by atoms with E-state index >= 15 is 0 Å². The fourth-order valence-electron chi connectivity index (χ4n) is 4.05. The largest absolute Gasteiger partial charge is 0.489 e. The number of anilines is 2. The van der Waals surface area contributed by atoms with Crippen LogP contribution in [0.3, 0.4) is 0 Å². The van der Waals surface area contributed by atoms with E-state index in [0.717, 1.165) is 28.0 Å². The number of hydrogen-bond donors (Lipinski definition) is 2. The summed E-state index contributed by atoms with van der Waals surface area (Å²) >= 11 is 0. The molecule has 4 aromatic rings. The Morgan fingerprint density at radius 2 is 1.97 bits per heavy atom. The molecule has 1 saturated heterocycles. The number of aryl methyl sites for hydroxylation is 3. The molecule has 4 aromatic heterocycles. The van der Waals surface area contributed by atoms with E-state index in [1.54, 1.807) is 18.1 Å². The molecule has 0 spiro atoms. The van der Waals surface area contributed by atoms with Crippen molar-refractivity contribution in [3.63, 3.8) is 0 Å². The zero-order valence-corrected chi connectivity index (χ0v) is 19.5. The van der Waals surface area contributed by atoms with Gasteiger partial charge in [0.1, 0.15) is 24.0 Å². The molecule has 0 aromatic carbocycles. The third-order valence-electron chi connectivity index (χ3n) is 5.61. The molecule has 2 N–H and O–H groups in total. The highest BCUT2D eigenvalue weighted by Crippen LogP contribution is 2.31. The van der Waals surface area contributed by atoms with Crippen LogP contribution < -0.4 is 15.4 Å². The van der Waals surface area contributed by atoms with Crippen LogP contribution in [0.25, 0.3) is 16.6 Å². The lowest BCUT2D eigenvalue weighted by Crippen LogP contribution is -2.32. The number of nitrogens with one attached hydrogen (secondary N) is 2. The van der Waals surface area contributed by atoms with Gasteiger partial charge in [0, 0.05) is 48.9 Å². The monoisotopic (exact) mass is 458 g/mol. The van der Waals surface area contributed by atoms with Crippen LogP contribution in [0.1, 0.15) is 17.2 Å². The molecular weight excluding hydrogens is 432 g/mol. The zero-order valence-electron chi connectivity index (χ0n) is 19.5. The summed E-state index contributed by atoms with van der Waals surface area (Å²) in [6, 6.07) is 9.76. The predicted molar refractivity (Wildman–Crippen MR) is 128 cm³/mol. The van der Waals surface area contributed by atoms with Gasteiger partial charge in [0.15, 0.2) is 5.82 Å². The van der Waals surface area contributed by atoms with E-state index in [1.165, 1.54) is 0 Å². The molecule has 0 radical (unpaired) electrons. The maximum Gasteiger partial charge on any atom is 0.317 e. The minimum absolute atomic E-state index is 0.0633. The molecular formula is C24H26N8O2. The van der Waals surface area contributed by atoms with E-state index in [1.807, 2.05) is 55.7 Å². The number of ether oxygens (including phenoxy) is 1.